The van der Waals surface area contributed by atoms with Gasteiger partial charge >= 0.3 is 0 Å². The monoisotopic (exact) mass is 365 g/mol. The maximum atomic E-state index is 11.5. The van der Waals surface area contributed by atoms with Gasteiger partial charge in [-0.3, -0.25) is 4.79 Å². The van der Waals surface area contributed by atoms with Crippen molar-refractivity contribution in [3.63, 3.8) is 0 Å². The van der Waals surface area contributed by atoms with Crippen LogP contribution in [0.25, 0.3) is 0 Å². The molecule has 1 aliphatic rings. The quantitative estimate of drug-likeness (QED) is 0.703. The van der Waals surface area contributed by atoms with Crippen molar-refractivity contribution in [3.8, 4) is 0 Å². The summed E-state index contributed by atoms with van der Waals surface area (Å²) in [6.45, 7) is 0.202. The van der Waals surface area contributed by atoms with Crippen molar-refractivity contribution in [3.05, 3.63) is 77.9 Å². The summed E-state index contributed by atoms with van der Waals surface area (Å²) in [7, 11) is 0. The number of primary amides is 1. The molecule has 138 valence electrons. The lowest BCUT2D eigenvalue weighted by Crippen LogP contribution is -2.38. The van der Waals surface area contributed by atoms with Gasteiger partial charge in [0.2, 0.25) is 17.6 Å². The van der Waals surface area contributed by atoms with Gasteiger partial charge < -0.3 is 25.5 Å². The normalized spacial score (nSPS) is 22.0. The number of amides is 1. The standard InChI is InChI=1S/C19H19N5O3/c20-17(25)14-7-9-24(11-14)19(15-6-8-22-18(21)23-15)12-26-16(27-19)10-13-4-2-1-3-5-13/h1-9,11,16H,10,12H2,(H2,20,25)(H2,21,22,23). The van der Waals surface area contributed by atoms with Gasteiger partial charge in [-0.25, -0.2) is 9.97 Å². The van der Waals surface area contributed by atoms with Gasteiger partial charge in [0.1, 0.15) is 12.3 Å². The highest BCUT2D eigenvalue weighted by molar-refractivity contribution is 5.92. The van der Waals surface area contributed by atoms with Crippen LogP contribution in [0.15, 0.2) is 61.1 Å². The average Bonchev–Trinajstić information content (AvgIpc) is 3.31. The van der Waals surface area contributed by atoms with Crippen molar-refractivity contribution < 1.29 is 14.3 Å². The molecule has 0 radical (unpaired) electrons. The first-order valence-electron chi connectivity index (χ1n) is 8.47. The number of benzene rings is 1. The Morgan fingerprint density at radius 3 is 2.78 bits per heavy atom. The number of carbonyl (C=O) groups is 1. The van der Waals surface area contributed by atoms with Gasteiger partial charge in [-0.15, -0.1) is 0 Å². The minimum absolute atomic E-state index is 0.129. The Labute approximate surface area is 155 Å². The molecule has 4 rings (SSSR count). The number of hydrogen-bond acceptors (Lipinski definition) is 6. The van der Waals surface area contributed by atoms with Crippen molar-refractivity contribution in [2.75, 3.05) is 12.3 Å². The van der Waals surface area contributed by atoms with Gasteiger partial charge in [-0.2, -0.15) is 0 Å². The van der Waals surface area contributed by atoms with Crippen molar-refractivity contribution in [2.24, 2.45) is 5.73 Å². The summed E-state index contributed by atoms with van der Waals surface area (Å²) in [5, 5.41) is 0. The number of rotatable bonds is 5. The Morgan fingerprint density at radius 2 is 2.07 bits per heavy atom. The summed E-state index contributed by atoms with van der Waals surface area (Å²) >= 11 is 0. The van der Waals surface area contributed by atoms with Gasteiger partial charge in [0.15, 0.2) is 6.29 Å². The van der Waals surface area contributed by atoms with E-state index in [4.69, 9.17) is 20.9 Å². The second-order valence-electron chi connectivity index (χ2n) is 6.30. The van der Waals surface area contributed by atoms with Crippen molar-refractivity contribution >= 4 is 11.9 Å². The van der Waals surface area contributed by atoms with E-state index in [9.17, 15) is 4.79 Å². The molecule has 1 saturated heterocycles. The van der Waals surface area contributed by atoms with Crippen molar-refractivity contribution in [2.45, 2.75) is 18.4 Å². The van der Waals surface area contributed by atoms with E-state index in [1.165, 1.54) is 0 Å². The Kier molecular flexibility index (Phi) is 4.35. The first-order valence-corrected chi connectivity index (χ1v) is 8.47. The molecular formula is C19H19N5O3. The molecule has 1 amide bonds. The highest BCUT2D eigenvalue weighted by Gasteiger charge is 2.46. The van der Waals surface area contributed by atoms with Crippen LogP contribution in [-0.2, 0) is 21.6 Å². The van der Waals surface area contributed by atoms with Gasteiger partial charge in [-0.05, 0) is 17.7 Å². The molecular weight excluding hydrogens is 346 g/mol. The second-order valence-corrected chi connectivity index (χ2v) is 6.30. The molecule has 1 aromatic carbocycles. The Morgan fingerprint density at radius 1 is 1.26 bits per heavy atom. The smallest absolute Gasteiger partial charge is 0.250 e. The fraction of sp³-hybridized carbons (Fsp3) is 0.211. The average molecular weight is 365 g/mol. The van der Waals surface area contributed by atoms with Crippen LogP contribution < -0.4 is 11.5 Å². The predicted octanol–water partition coefficient (Wildman–Crippen LogP) is 1.28. The molecule has 1 aliphatic heterocycles. The molecule has 0 bridgehead atoms. The molecule has 2 unspecified atom stereocenters. The first-order chi connectivity index (χ1) is 13.1. The van der Waals surface area contributed by atoms with E-state index in [1.54, 1.807) is 35.3 Å². The fourth-order valence-electron chi connectivity index (χ4n) is 3.16. The maximum absolute atomic E-state index is 11.5. The molecule has 8 heteroatoms. The maximum Gasteiger partial charge on any atom is 0.250 e. The van der Waals surface area contributed by atoms with Gasteiger partial charge in [0.05, 0.1) is 5.56 Å². The minimum atomic E-state index is -1.07. The number of hydrogen-bond donors (Lipinski definition) is 2. The zero-order valence-electron chi connectivity index (χ0n) is 14.5. The number of aromatic nitrogens is 3. The zero-order valence-corrected chi connectivity index (χ0v) is 14.5. The van der Waals surface area contributed by atoms with E-state index in [2.05, 4.69) is 9.97 Å². The SMILES string of the molecule is NC(=O)c1ccn(C2(c3ccnc(N)n3)COC(Cc3ccccc3)O2)c1. The van der Waals surface area contributed by atoms with Crippen LogP contribution in [0.1, 0.15) is 21.6 Å². The predicted molar refractivity (Wildman–Crippen MR) is 97.4 cm³/mol. The van der Waals surface area contributed by atoms with E-state index in [1.807, 2.05) is 30.3 Å². The zero-order chi connectivity index (χ0) is 18.9. The Bertz CT molecular complexity index is 959. The Hall–Kier alpha value is -3.23. The number of carbonyl (C=O) groups excluding carboxylic acids is 1. The van der Waals surface area contributed by atoms with Crippen LogP contribution in [0.4, 0.5) is 5.95 Å². The van der Waals surface area contributed by atoms with E-state index < -0.39 is 17.9 Å². The van der Waals surface area contributed by atoms with E-state index in [0.29, 0.717) is 17.7 Å². The Balaban J connectivity index is 1.70. The number of nitrogens with zero attached hydrogens (tertiary/aromatic N) is 3. The van der Waals surface area contributed by atoms with E-state index >= 15 is 0 Å². The van der Waals surface area contributed by atoms with Gasteiger partial charge in [0, 0.05) is 25.0 Å². The number of anilines is 1. The number of ether oxygens (including phenoxy) is 2. The first kappa shape index (κ1) is 17.2. The fourth-order valence-corrected chi connectivity index (χ4v) is 3.16. The molecule has 4 N–H and O–H groups in total. The lowest BCUT2D eigenvalue weighted by molar-refractivity contribution is -0.103. The number of nitrogen functional groups attached to an aromatic ring is 1. The molecule has 0 aliphatic carbocycles. The van der Waals surface area contributed by atoms with Crippen LogP contribution in [0.3, 0.4) is 0 Å². The third-order valence-corrected chi connectivity index (χ3v) is 4.51. The molecule has 2 aromatic heterocycles. The van der Waals surface area contributed by atoms with E-state index in [-0.39, 0.29) is 12.6 Å². The summed E-state index contributed by atoms with van der Waals surface area (Å²) in [4.78, 5) is 19.8. The third-order valence-electron chi connectivity index (χ3n) is 4.51. The molecule has 3 aromatic rings. The topological polar surface area (TPSA) is 118 Å². The van der Waals surface area contributed by atoms with Crippen LogP contribution in [0.5, 0.6) is 0 Å². The largest absolute Gasteiger partial charge is 0.368 e. The summed E-state index contributed by atoms with van der Waals surface area (Å²) in [5.74, 6) is -0.393. The summed E-state index contributed by atoms with van der Waals surface area (Å²) in [6, 6.07) is 13.3. The highest BCUT2D eigenvalue weighted by atomic mass is 16.7. The van der Waals surface area contributed by atoms with Crippen LogP contribution in [-0.4, -0.2) is 33.3 Å². The third kappa shape index (κ3) is 3.27. The van der Waals surface area contributed by atoms with Crippen molar-refractivity contribution in [1.82, 2.24) is 14.5 Å². The molecule has 3 heterocycles. The van der Waals surface area contributed by atoms with Crippen LogP contribution >= 0.6 is 0 Å². The molecule has 2 atom stereocenters. The van der Waals surface area contributed by atoms with Crippen molar-refractivity contribution in [1.29, 1.82) is 0 Å². The summed E-state index contributed by atoms with van der Waals surface area (Å²) < 4.78 is 14.0. The second kappa shape index (κ2) is 6.82. The van der Waals surface area contributed by atoms with Crippen LogP contribution in [0, 0.1) is 0 Å². The molecule has 1 fully saturated rings. The molecule has 8 nitrogen and oxygen atoms in total. The summed E-state index contributed by atoms with van der Waals surface area (Å²) in [6.07, 6.45) is 4.99. The lowest BCUT2D eigenvalue weighted by Gasteiger charge is -2.28. The van der Waals surface area contributed by atoms with E-state index in [0.717, 1.165) is 5.56 Å². The summed E-state index contributed by atoms with van der Waals surface area (Å²) in [5.41, 5.74) is 12.1. The van der Waals surface area contributed by atoms with Gasteiger partial charge in [-0.1, -0.05) is 30.3 Å². The molecule has 0 saturated carbocycles. The minimum Gasteiger partial charge on any atom is -0.368 e. The lowest BCUT2D eigenvalue weighted by atomic mass is 10.1. The van der Waals surface area contributed by atoms with Gasteiger partial charge in [0.25, 0.3) is 0 Å². The molecule has 0 spiro atoms. The van der Waals surface area contributed by atoms with Crippen LogP contribution in [0.2, 0.25) is 0 Å². The number of nitrogens with two attached hydrogens (primary N) is 2. The highest BCUT2D eigenvalue weighted by Crippen LogP contribution is 2.36. The molecule has 27 heavy (non-hydrogen) atoms.